The number of fused-ring (bicyclic) bond motifs is 1. The summed E-state index contributed by atoms with van der Waals surface area (Å²) < 4.78 is 40.4. The highest BCUT2D eigenvalue weighted by Crippen LogP contribution is 2.39. The van der Waals surface area contributed by atoms with Gasteiger partial charge in [0, 0.05) is 41.6 Å². The predicted octanol–water partition coefficient (Wildman–Crippen LogP) is 6.10. The zero-order valence-electron chi connectivity index (χ0n) is 16.7. The van der Waals surface area contributed by atoms with Gasteiger partial charge in [0.15, 0.2) is 0 Å². The largest absolute Gasteiger partial charge is 0.416 e. The van der Waals surface area contributed by atoms with E-state index in [9.17, 15) is 18.0 Å². The van der Waals surface area contributed by atoms with Crippen molar-refractivity contribution in [3.63, 3.8) is 0 Å². The molecule has 1 aromatic heterocycles. The van der Waals surface area contributed by atoms with Crippen molar-refractivity contribution in [1.29, 1.82) is 0 Å². The van der Waals surface area contributed by atoms with Crippen LogP contribution >= 0.6 is 12.6 Å². The highest BCUT2D eigenvalue weighted by molar-refractivity contribution is 7.79. The molecule has 4 rings (SSSR count). The summed E-state index contributed by atoms with van der Waals surface area (Å²) in [5, 5.41) is 2.81. The number of carbonyl (C=O) groups is 1. The van der Waals surface area contributed by atoms with Crippen LogP contribution < -0.4 is 10.2 Å². The van der Waals surface area contributed by atoms with Crippen molar-refractivity contribution in [1.82, 2.24) is 4.98 Å². The fraction of sp³-hybridized carbons (Fsp3) is 0.217. The Hall–Kier alpha value is -3.00. The molecule has 2 aromatic carbocycles. The molecular weight excluding hydrogens is 423 g/mol. The zero-order chi connectivity index (χ0) is 22.2. The lowest BCUT2D eigenvalue weighted by atomic mass is 10.0. The molecule has 1 N–H and O–H groups in total. The van der Waals surface area contributed by atoms with Gasteiger partial charge in [-0.1, -0.05) is 18.2 Å². The van der Waals surface area contributed by atoms with E-state index in [1.807, 2.05) is 31.2 Å². The number of nitrogens with zero attached hydrogens (tertiary/aromatic N) is 2. The minimum atomic E-state index is -4.51. The Labute approximate surface area is 183 Å². The van der Waals surface area contributed by atoms with Crippen molar-refractivity contribution in [3.8, 4) is 11.1 Å². The van der Waals surface area contributed by atoms with Crippen molar-refractivity contribution in [2.45, 2.75) is 25.3 Å². The molecule has 0 radical (unpaired) electrons. The second-order valence-electron chi connectivity index (χ2n) is 7.40. The van der Waals surface area contributed by atoms with Crippen molar-refractivity contribution in [2.75, 3.05) is 16.8 Å². The summed E-state index contributed by atoms with van der Waals surface area (Å²) in [5.41, 5.74) is 3.81. The van der Waals surface area contributed by atoms with Crippen molar-refractivity contribution < 1.29 is 18.0 Å². The van der Waals surface area contributed by atoms with Gasteiger partial charge in [-0.2, -0.15) is 25.8 Å². The van der Waals surface area contributed by atoms with Crippen LogP contribution in [0.25, 0.3) is 11.1 Å². The molecule has 4 nitrogen and oxygen atoms in total. The summed E-state index contributed by atoms with van der Waals surface area (Å²) in [4.78, 5) is 18.4. The second kappa shape index (κ2) is 8.26. The molecule has 1 aliphatic rings. The lowest BCUT2D eigenvalue weighted by molar-refractivity contribution is -0.138. The molecule has 0 bridgehead atoms. The number of aromatic nitrogens is 1. The van der Waals surface area contributed by atoms with E-state index in [1.54, 1.807) is 18.5 Å². The summed E-state index contributed by atoms with van der Waals surface area (Å²) in [5.74, 6) is -0.0190. The molecule has 1 aliphatic heterocycles. The molecule has 8 heteroatoms. The molecule has 0 saturated carbocycles. The van der Waals surface area contributed by atoms with Gasteiger partial charge in [-0.05, 0) is 59.9 Å². The molecule has 0 spiro atoms. The fourth-order valence-electron chi connectivity index (χ4n) is 3.82. The Morgan fingerprint density at radius 2 is 2.03 bits per heavy atom. The fourth-order valence-corrected chi connectivity index (χ4v) is 4.08. The molecule has 0 saturated heterocycles. The molecule has 3 aromatic rings. The highest BCUT2D eigenvalue weighted by atomic mass is 32.1. The number of rotatable bonds is 3. The first kappa shape index (κ1) is 21.2. The summed E-state index contributed by atoms with van der Waals surface area (Å²) >= 11 is 4.03. The first-order valence-electron chi connectivity index (χ1n) is 9.71. The summed E-state index contributed by atoms with van der Waals surface area (Å²) in [6.07, 6.45) is -0.543. The second-order valence-corrected chi connectivity index (χ2v) is 7.71. The number of benzene rings is 2. The molecule has 0 aliphatic carbocycles. The number of nitrogens with one attached hydrogen (secondary N) is 1. The Bertz CT molecular complexity index is 1150. The number of anilines is 2. The maximum absolute atomic E-state index is 13.5. The number of hydrogen-bond donors (Lipinski definition) is 2. The van der Waals surface area contributed by atoms with Crippen LogP contribution in [0.5, 0.6) is 0 Å². The van der Waals surface area contributed by atoms with Crippen molar-refractivity contribution >= 4 is 30.0 Å². The van der Waals surface area contributed by atoms with Gasteiger partial charge in [-0.25, -0.2) is 4.79 Å². The SMILES string of the molecule is Cc1ccncc1-c1cccc(NC(=O)N2CCc3cc(CS)c(C(F)(F)F)cc32)c1. The number of aryl methyl sites for hydroxylation is 1. The van der Waals surface area contributed by atoms with E-state index in [1.165, 1.54) is 11.0 Å². The third-order valence-corrected chi connectivity index (χ3v) is 5.73. The number of amides is 2. The third-order valence-electron chi connectivity index (χ3n) is 5.38. The number of urea groups is 1. The normalized spacial score (nSPS) is 13.3. The molecular formula is C23H20F3N3OS. The molecule has 160 valence electrons. The van der Waals surface area contributed by atoms with Crippen molar-refractivity contribution in [2.24, 2.45) is 0 Å². The van der Waals surface area contributed by atoms with Crippen LogP contribution in [-0.2, 0) is 18.3 Å². The molecule has 31 heavy (non-hydrogen) atoms. The van der Waals surface area contributed by atoms with E-state index < -0.39 is 17.8 Å². The monoisotopic (exact) mass is 443 g/mol. The van der Waals surface area contributed by atoms with Crippen LogP contribution in [0.2, 0.25) is 0 Å². The van der Waals surface area contributed by atoms with E-state index in [0.717, 1.165) is 22.8 Å². The number of hydrogen-bond acceptors (Lipinski definition) is 3. The Kier molecular flexibility index (Phi) is 5.66. The quantitative estimate of drug-likeness (QED) is 0.481. The number of pyridine rings is 1. The van der Waals surface area contributed by atoms with Crippen LogP contribution in [-0.4, -0.2) is 17.6 Å². The van der Waals surface area contributed by atoms with Crippen LogP contribution in [0.4, 0.5) is 29.3 Å². The lowest BCUT2D eigenvalue weighted by Crippen LogP contribution is -2.33. The lowest BCUT2D eigenvalue weighted by Gasteiger charge is -2.21. The van der Waals surface area contributed by atoms with E-state index in [4.69, 9.17) is 0 Å². The van der Waals surface area contributed by atoms with E-state index >= 15 is 0 Å². The van der Waals surface area contributed by atoms with Gasteiger partial charge in [-0.15, -0.1) is 0 Å². The molecule has 0 atom stereocenters. The van der Waals surface area contributed by atoms with Gasteiger partial charge in [0.2, 0.25) is 0 Å². The Morgan fingerprint density at radius 1 is 1.23 bits per heavy atom. The number of carbonyl (C=O) groups excluding carboxylic acids is 1. The van der Waals surface area contributed by atoms with Gasteiger partial charge in [-0.3, -0.25) is 9.88 Å². The smallest absolute Gasteiger partial charge is 0.308 e. The number of halogens is 3. The highest BCUT2D eigenvalue weighted by Gasteiger charge is 2.36. The molecule has 2 amide bonds. The topological polar surface area (TPSA) is 45.2 Å². The average molecular weight is 443 g/mol. The van der Waals surface area contributed by atoms with Crippen molar-refractivity contribution in [3.05, 3.63) is 77.1 Å². The number of alkyl halides is 3. The molecule has 2 heterocycles. The van der Waals surface area contributed by atoms with E-state index in [2.05, 4.69) is 22.9 Å². The Balaban J connectivity index is 1.61. The minimum absolute atomic E-state index is 0.0190. The summed E-state index contributed by atoms with van der Waals surface area (Å²) in [6.45, 7) is 2.29. The first-order valence-corrected chi connectivity index (χ1v) is 10.3. The van der Waals surface area contributed by atoms with Crippen LogP contribution in [0.1, 0.15) is 22.3 Å². The molecule has 0 fully saturated rings. The average Bonchev–Trinajstić information content (AvgIpc) is 3.16. The minimum Gasteiger partial charge on any atom is -0.308 e. The third kappa shape index (κ3) is 4.25. The maximum atomic E-state index is 13.5. The van der Waals surface area contributed by atoms with E-state index in [0.29, 0.717) is 24.2 Å². The number of thiol groups is 1. The summed E-state index contributed by atoms with van der Waals surface area (Å²) in [6, 6.07) is 11.3. The first-order chi connectivity index (χ1) is 14.8. The van der Waals surface area contributed by atoms with Gasteiger partial charge in [0.1, 0.15) is 0 Å². The molecule has 0 unspecified atom stereocenters. The zero-order valence-corrected chi connectivity index (χ0v) is 17.6. The standard InChI is InChI=1S/C23H20F3N3OS/c1-14-5-7-27-12-19(14)15-3-2-4-18(10-15)28-22(30)29-8-6-16-9-17(13-31)20(11-21(16)29)23(24,25)26/h2-5,7,9-12,31H,6,8,13H2,1H3,(H,28,30). The summed E-state index contributed by atoms with van der Waals surface area (Å²) in [7, 11) is 0. The Morgan fingerprint density at radius 3 is 2.74 bits per heavy atom. The predicted molar refractivity (Wildman–Crippen MR) is 119 cm³/mol. The van der Waals surface area contributed by atoms with E-state index in [-0.39, 0.29) is 17.0 Å². The van der Waals surface area contributed by atoms with Gasteiger partial charge in [0.05, 0.1) is 5.56 Å². The van der Waals surface area contributed by atoms with Crippen LogP contribution in [0.15, 0.2) is 54.9 Å². The van der Waals surface area contributed by atoms with Gasteiger partial charge in [0.25, 0.3) is 0 Å². The van der Waals surface area contributed by atoms with Gasteiger partial charge < -0.3 is 5.32 Å². The van der Waals surface area contributed by atoms with Gasteiger partial charge >= 0.3 is 12.2 Å². The van der Waals surface area contributed by atoms with Crippen LogP contribution in [0, 0.1) is 6.92 Å². The maximum Gasteiger partial charge on any atom is 0.416 e. The van der Waals surface area contributed by atoms with Crippen LogP contribution in [0.3, 0.4) is 0 Å².